The van der Waals surface area contributed by atoms with E-state index in [-0.39, 0.29) is 18.4 Å². The zero-order chi connectivity index (χ0) is 32.0. The van der Waals surface area contributed by atoms with Crippen molar-refractivity contribution < 1.29 is 29.3 Å². The van der Waals surface area contributed by atoms with Crippen molar-refractivity contribution in [1.82, 2.24) is 20.4 Å². The van der Waals surface area contributed by atoms with Gasteiger partial charge in [0.25, 0.3) is 0 Å². The molecule has 3 aromatic carbocycles. The average Bonchev–Trinajstić information content (AvgIpc) is 3.04. The molecule has 1 aliphatic heterocycles. The molecule has 11 heteroatoms. The molecule has 11 nitrogen and oxygen atoms in total. The lowest BCUT2D eigenvalue weighted by molar-refractivity contribution is 0.106. The van der Waals surface area contributed by atoms with Gasteiger partial charge >= 0.3 is 12.1 Å². The number of rotatable bonds is 14. The summed E-state index contributed by atoms with van der Waals surface area (Å²) in [5.41, 5.74) is 3.33. The molecular weight excluding hydrogens is 574 g/mol. The first-order valence-electron chi connectivity index (χ1n) is 15.4. The number of aliphatic hydroxyl groups is 1. The predicted molar refractivity (Wildman–Crippen MR) is 174 cm³/mol. The number of hydrogen-bond acceptors (Lipinski definition) is 8. The summed E-state index contributed by atoms with van der Waals surface area (Å²) in [6.45, 7) is 3.28. The highest BCUT2D eigenvalue weighted by atomic mass is 16.6. The van der Waals surface area contributed by atoms with Crippen LogP contribution in [-0.4, -0.2) is 97.7 Å². The molecule has 45 heavy (non-hydrogen) atoms. The molecule has 1 aliphatic rings. The van der Waals surface area contributed by atoms with Crippen LogP contribution in [0.25, 0.3) is 0 Å². The number of nitrogens with zero attached hydrogens (tertiary/aromatic N) is 2. The number of piperidine rings is 1. The summed E-state index contributed by atoms with van der Waals surface area (Å²) >= 11 is 0. The Bertz CT molecular complexity index is 1330. The maximum absolute atomic E-state index is 12.7. The standard InChI is InChI=1S/C34H45N5O6/c1-38(2)34(43)45-32-11-5-26(6-12-32)16-20-36-33(42)39-21-17-28(18-22-39)37-27-7-3-25(4-8-27)15-19-35-23-30(41)24-44-31-13-9-29(40)10-14-31/h3-14,28,30,35,37,40-41H,15-24H2,1-2H3,(H,36,42)/t30-/m0/s1. The van der Waals surface area contributed by atoms with Crippen molar-refractivity contribution in [3.05, 3.63) is 83.9 Å². The van der Waals surface area contributed by atoms with E-state index in [0.29, 0.717) is 50.1 Å². The van der Waals surface area contributed by atoms with Gasteiger partial charge in [-0.3, -0.25) is 0 Å². The van der Waals surface area contributed by atoms with Crippen LogP contribution in [0.2, 0.25) is 0 Å². The highest BCUT2D eigenvalue weighted by Crippen LogP contribution is 2.19. The van der Waals surface area contributed by atoms with Crippen LogP contribution in [-0.2, 0) is 12.8 Å². The largest absolute Gasteiger partial charge is 0.508 e. The number of benzene rings is 3. The number of amides is 3. The maximum Gasteiger partial charge on any atom is 0.414 e. The quantitative estimate of drug-likeness (QED) is 0.172. The fraction of sp³-hybridized carbons (Fsp3) is 0.412. The molecule has 242 valence electrons. The normalized spacial score (nSPS) is 14.0. The first-order valence-corrected chi connectivity index (χ1v) is 15.4. The summed E-state index contributed by atoms with van der Waals surface area (Å²) in [5, 5.41) is 29.3. The summed E-state index contributed by atoms with van der Waals surface area (Å²) < 4.78 is 10.8. The molecule has 0 bridgehead atoms. The lowest BCUT2D eigenvalue weighted by Gasteiger charge is -2.33. The van der Waals surface area contributed by atoms with Crippen LogP contribution in [0.3, 0.4) is 0 Å². The summed E-state index contributed by atoms with van der Waals surface area (Å²) in [6, 6.07) is 22.4. The number of likely N-dealkylation sites (tertiary alicyclic amines) is 1. The number of ether oxygens (including phenoxy) is 2. The Morgan fingerprint density at radius 3 is 2.13 bits per heavy atom. The van der Waals surface area contributed by atoms with Crippen molar-refractivity contribution in [2.75, 3.05) is 58.7 Å². The molecule has 0 aliphatic carbocycles. The topological polar surface area (TPSA) is 136 Å². The number of aromatic hydroxyl groups is 1. The Kier molecular flexibility index (Phi) is 12.7. The molecule has 1 saturated heterocycles. The number of carbonyl (C=O) groups is 2. The van der Waals surface area contributed by atoms with Crippen LogP contribution in [0.5, 0.6) is 17.2 Å². The molecule has 1 heterocycles. The summed E-state index contributed by atoms with van der Waals surface area (Å²) in [7, 11) is 3.27. The van der Waals surface area contributed by atoms with Gasteiger partial charge < -0.3 is 45.4 Å². The Morgan fingerprint density at radius 2 is 1.49 bits per heavy atom. The molecule has 1 fully saturated rings. The molecule has 5 N–H and O–H groups in total. The predicted octanol–water partition coefficient (Wildman–Crippen LogP) is 3.85. The van der Waals surface area contributed by atoms with Crippen molar-refractivity contribution in [3.8, 4) is 17.2 Å². The molecule has 1 atom stereocenters. The number of nitrogens with one attached hydrogen (secondary N) is 3. The van der Waals surface area contributed by atoms with Gasteiger partial charge in [-0.2, -0.15) is 0 Å². The molecule has 0 radical (unpaired) electrons. The Labute approximate surface area is 265 Å². The number of phenols is 1. The molecule has 0 spiro atoms. The Balaban J connectivity index is 1.06. The highest BCUT2D eigenvalue weighted by molar-refractivity contribution is 5.74. The van der Waals surface area contributed by atoms with Gasteiger partial charge in [0.1, 0.15) is 30.0 Å². The van der Waals surface area contributed by atoms with E-state index in [2.05, 4.69) is 40.2 Å². The number of phenolic OH excluding ortho intramolecular Hbond substituents is 1. The van der Waals surface area contributed by atoms with Crippen LogP contribution < -0.4 is 25.4 Å². The number of urea groups is 1. The van der Waals surface area contributed by atoms with Crippen LogP contribution in [0.1, 0.15) is 24.0 Å². The van der Waals surface area contributed by atoms with Crippen LogP contribution in [0, 0.1) is 0 Å². The van der Waals surface area contributed by atoms with Crippen molar-refractivity contribution in [1.29, 1.82) is 0 Å². The van der Waals surface area contributed by atoms with E-state index in [1.165, 1.54) is 10.5 Å². The molecular formula is C34H45N5O6. The molecule has 0 aromatic heterocycles. The summed E-state index contributed by atoms with van der Waals surface area (Å²) in [6.07, 6.45) is 2.25. The van der Waals surface area contributed by atoms with E-state index in [9.17, 15) is 19.8 Å². The smallest absolute Gasteiger partial charge is 0.414 e. The van der Waals surface area contributed by atoms with E-state index in [0.717, 1.165) is 37.1 Å². The third kappa shape index (κ3) is 11.5. The summed E-state index contributed by atoms with van der Waals surface area (Å²) in [5.74, 6) is 1.27. The Hall–Kier alpha value is -4.48. The second-order valence-electron chi connectivity index (χ2n) is 11.4. The number of hydrogen-bond donors (Lipinski definition) is 5. The van der Waals surface area contributed by atoms with Crippen LogP contribution in [0.4, 0.5) is 15.3 Å². The fourth-order valence-corrected chi connectivity index (χ4v) is 4.87. The van der Waals surface area contributed by atoms with Gasteiger partial charge in [-0.25, -0.2) is 9.59 Å². The molecule has 3 aromatic rings. The third-order valence-corrected chi connectivity index (χ3v) is 7.54. The lowest BCUT2D eigenvalue weighted by Crippen LogP contribution is -2.47. The van der Waals surface area contributed by atoms with Crippen molar-refractivity contribution in [2.24, 2.45) is 0 Å². The van der Waals surface area contributed by atoms with Crippen LogP contribution >= 0.6 is 0 Å². The third-order valence-electron chi connectivity index (χ3n) is 7.54. The number of carbonyl (C=O) groups excluding carboxylic acids is 2. The van der Waals surface area contributed by atoms with Crippen molar-refractivity contribution in [3.63, 3.8) is 0 Å². The van der Waals surface area contributed by atoms with Gasteiger partial charge in [0, 0.05) is 52.0 Å². The fourth-order valence-electron chi connectivity index (χ4n) is 4.87. The second-order valence-corrected chi connectivity index (χ2v) is 11.4. The zero-order valence-corrected chi connectivity index (χ0v) is 26.1. The molecule has 4 rings (SSSR count). The minimum absolute atomic E-state index is 0.0414. The van der Waals surface area contributed by atoms with Crippen molar-refractivity contribution in [2.45, 2.75) is 37.8 Å². The lowest BCUT2D eigenvalue weighted by atomic mass is 10.0. The minimum Gasteiger partial charge on any atom is -0.508 e. The van der Waals surface area contributed by atoms with Crippen molar-refractivity contribution >= 4 is 17.8 Å². The first-order chi connectivity index (χ1) is 21.7. The molecule has 0 saturated carbocycles. The van der Waals surface area contributed by atoms with E-state index in [1.807, 2.05) is 17.0 Å². The average molecular weight is 620 g/mol. The van der Waals surface area contributed by atoms with E-state index in [1.54, 1.807) is 50.5 Å². The van der Waals surface area contributed by atoms with E-state index < -0.39 is 12.2 Å². The SMILES string of the molecule is CN(C)C(=O)Oc1ccc(CCNC(=O)N2CCC(Nc3ccc(CCNC[C@H](O)COc4ccc(O)cc4)cc3)CC2)cc1. The molecule has 0 unspecified atom stereocenters. The maximum atomic E-state index is 12.7. The van der Waals surface area contributed by atoms with Gasteiger partial charge in [0.05, 0.1) is 0 Å². The number of aliphatic hydroxyl groups excluding tert-OH is 1. The van der Waals surface area contributed by atoms with Gasteiger partial charge in [0.2, 0.25) is 0 Å². The summed E-state index contributed by atoms with van der Waals surface area (Å²) in [4.78, 5) is 27.6. The zero-order valence-electron chi connectivity index (χ0n) is 26.1. The van der Waals surface area contributed by atoms with Gasteiger partial charge in [0.15, 0.2) is 0 Å². The minimum atomic E-state index is -0.630. The number of anilines is 1. The van der Waals surface area contributed by atoms with Gasteiger partial charge in [-0.15, -0.1) is 0 Å². The first kappa shape index (κ1) is 33.4. The van der Waals surface area contributed by atoms with Gasteiger partial charge in [-0.1, -0.05) is 24.3 Å². The van der Waals surface area contributed by atoms with E-state index in [4.69, 9.17) is 9.47 Å². The Morgan fingerprint density at radius 1 is 0.889 bits per heavy atom. The van der Waals surface area contributed by atoms with Gasteiger partial charge in [-0.05, 0) is 91.9 Å². The monoisotopic (exact) mass is 619 g/mol. The molecule has 3 amide bonds. The van der Waals surface area contributed by atoms with Crippen LogP contribution in [0.15, 0.2) is 72.8 Å². The van der Waals surface area contributed by atoms with E-state index >= 15 is 0 Å². The second kappa shape index (κ2) is 17.1. The highest BCUT2D eigenvalue weighted by Gasteiger charge is 2.22.